The number of imide groups is 1. The molecule has 8 nitrogen and oxygen atoms in total. The normalized spacial score (nSPS) is 27.2. The molecule has 1 heterocycles. The van der Waals surface area contributed by atoms with Crippen molar-refractivity contribution in [3.05, 3.63) is 30.1 Å². The van der Waals surface area contributed by atoms with Crippen molar-refractivity contribution >= 4 is 23.6 Å². The Bertz CT molecular complexity index is 828. The van der Waals surface area contributed by atoms with Crippen LogP contribution in [0.2, 0.25) is 0 Å². The zero-order chi connectivity index (χ0) is 21.3. The second kappa shape index (κ2) is 8.18. The molecule has 2 fully saturated rings. The Labute approximate surface area is 167 Å². The van der Waals surface area contributed by atoms with E-state index >= 15 is 0 Å². The van der Waals surface area contributed by atoms with Gasteiger partial charge in [0.1, 0.15) is 11.6 Å². The number of rotatable bonds is 4. The van der Waals surface area contributed by atoms with Crippen LogP contribution in [0.15, 0.2) is 24.3 Å². The summed E-state index contributed by atoms with van der Waals surface area (Å²) in [7, 11) is 1.43. The summed E-state index contributed by atoms with van der Waals surface area (Å²) in [4.78, 5) is 50.8. The van der Waals surface area contributed by atoms with Gasteiger partial charge in [-0.1, -0.05) is 6.92 Å². The van der Waals surface area contributed by atoms with Gasteiger partial charge in [-0.05, 0) is 49.9 Å². The van der Waals surface area contributed by atoms with Crippen molar-refractivity contribution in [3.63, 3.8) is 0 Å². The third kappa shape index (κ3) is 4.08. The number of hydrogen-bond acceptors (Lipinski definition) is 5. The number of carbonyl (C=O) groups is 4. The van der Waals surface area contributed by atoms with Crippen molar-refractivity contribution in [2.75, 3.05) is 7.05 Å². The Morgan fingerprint density at radius 1 is 1.14 bits per heavy atom. The van der Waals surface area contributed by atoms with Gasteiger partial charge in [-0.2, -0.15) is 0 Å². The van der Waals surface area contributed by atoms with E-state index in [9.17, 15) is 23.6 Å². The van der Waals surface area contributed by atoms with Crippen LogP contribution < -0.4 is 15.6 Å². The second-order valence-electron chi connectivity index (χ2n) is 7.64. The fourth-order valence-corrected chi connectivity index (χ4v) is 4.09. The van der Waals surface area contributed by atoms with Gasteiger partial charge in [0.25, 0.3) is 5.91 Å². The average Bonchev–Trinajstić information content (AvgIpc) is 2.91. The van der Waals surface area contributed by atoms with Gasteiger partial charge in [0, 0.05) is 7.05 Å². The minimum absolute atomic E-state index is 0.107. The minimum atomic E-state index is -0.946. The van der Waals surface area contributed by atoms with E-state index in [1.807, 2.05) is 6.92 Å². The molecule has 29 heavy (non-hydrogen) atoms. The predicted molar refractivity (Wildman–Crippen MR) is 99.4 cm³/mol. The van der Waals surface area contributed by atoms with Gasteiger partial charge in [-0.3, -0.25) is 34.9 Å². The first-order valence-electron chi connectivity index (χ1n) is 9.54. The summed E-state index contributed by atoms with van der Waals surface area (Å²) in [6.45, 7) is 3.34. The number of halogens is 1. The Balaban J connectivity index is 1.60. The molecule has 1 aromatic carbocycles. The molecule has 1 aliphatic heterocycles. The van der Waals surface area contributed by atoms with Gasteiger partial charge < -0.3 is 4.74 Å². The summed E-state index contributed by atoms with van der Waals surface area (Å²) in [5.74, 6) is -3.85. The molecule has 1 aromatic rings. The summed E-state index contributed by atoms with van der Waals surface area (Å²) < 4.78 is 18.3. The molecule has 1 saturated heterocycles. The van der Waals surface area contributed by atoms with Gasteiger partial charge in [-0.15, -0.1) is 0 Å². The zero-order valence-electron chi connectivity index (χ0n) is 16.5. The van der Waals surface area contributed by atoms with Crippen molar-refractivity contribution in [1.82, 2.24) is 15.8 Å². The highest BCUT2D eigenvalue weighted by Crippen LogP contribution is 2.44. The summed E-state index contributed by atoms with van der Waals surface area (Å²) in [6, 6.07) is 5.20. The summed E-state index contributed by atoms with van der Waals surface area (Å²) in [5.41, 5.74) is 4.66. The molecule has 1 saturated carbocycles. The average molecular weight is 405 g/mol. The van der Waals surface area contributed by atoms with Crippen LogP contribution >= 0.6 is 0 Å². The number of hydrazine groups is 1. The molecule has 3 rings (SSSR count). The highest BCUT2D eigenvalue weighted by Gasteiger charge is 2.55. The van der Waals surface area contributed by atoms with E-state index in [2.05, 4.69) is 10.9 Å². The van der Waals surface area contributed by atoms with Crippen LogP contribution in [0.3, 0.4) is 0 Å². The fourth-order valence-electron chi connectivity index (χ4n) is 4.09. The smallest absolute Gasteiger partial charge is 0.279 e. The molecule has 0 radical (unpaired) electrons. The highest BCUT2D eigenvalue weighted by atomic mass is 19.1. The van der Waals surface area contributed by atoms with Crippen LogP contribution in [0.4, 0.5) is 4.39 Å². The summed E-state index contributed by atoms with van der Waals surface area (Å²) in [6.07, 6.45) is 0.266. The lowest BCUT2D eigenvalue weighted by atomic mass is 9.68. The van der Waals surface area contributed by atoms with Gasteiger partial charge in [0.05, 0.1) is 17.8 Å². The molecule has 0 unspecified atom stereocenters. The Kier molecular flexibility index (Phi) is 5.86. The van der Waals surface area contributed by atoms with Crippen molar-refractivity contribution in [2.45, 2.75) is 32.8 Å². The summed E-state index contributed by atoms with van der Waals surface area (Å²) >= 11 is 0. The van der Waals surface area contributed by atoms with E-state index in [4.69, 9.17) is 4.74 Å². The SMILES string of the molecule is C[C@H](Oc1ccc(F)cc1)C(=O)NNC(=O)[C@H]1[C@H]2C(=O)N(C)C(=O)[C@H]2CC[C@H]1C. The van der Waals surface area contributed by atoms with Gasteiger partial charge in [0.2, 0.25) is 17.7 Å². The highest BCUT2D eigenvalue weighted by molar-refractivity contribution is 6.07. The Morgan fingerprint density at radius 3 is 2.45 bits per heavy atom. The van der Waals surface area contributed by atoms with Crippen LogP contribution in [-0.2, 0) is 19.2 Å². The molecule has 4 amide bonds. The van der Waals surface area contributed by atoms with Crippen molar-refractivity contribution in [2.24, 2.45) is 23.7 Å². The lowest BCUT2D eigenvalue weighted by Gasteiger charge is -2.34. The summed E-state index contributed by atoms with van der Waals surface area (Å²) in [5, 5.41) is 0. The third-order valence-electron chi connectivity index (χ3n) is 5.74. The molecule has 5 atom stereocenters. The molecule has 2 N–H and O–H groups in total. The number of nitrogens with one attached hydrogen (secondary N) is 2. The number of ether oxygens (including phenoxy) is 1. The fraction of sp³-hybridized carbons (Fsp3) is 0.500. The molecule has 0 bridgehead atoms. The first kappa shape index (κ1) is 20.8. The molecular weight excluding hydrogens is 381 g/mol. The monoisotopic (exact) mass is 405 g/mol. The minimum Gasteiger partial charge on any atom is -0.481 e. The molecular formula is C20H24FN3O5. The molecule has 0 aromatic heterocycles. The number of carbonyl (C=O) groups excluding carboxylic acids is 4. The van der Waals surface area contributed by atoms with E-state index in [1.54, 1.807) is 0 Å². The maximum absolute atomic E-state index is 12.9. The van der Waals surface area contributed by atoms with Crippen molar-refractivity contribution in [1.29, 1.82) is 0 Å². The van der Waals surface area contributed by atoms with Gasteiger partial charge in [0.15, 0.2) is 6.10 Å². The quantitative estimate of drug-likeness (QED) is 0.575. The van der Waals surface area contributed by atoms with E-state index in [0.717, 1.165) is 4.90 Å². The number of hydrogen-bond donors (Lipinski definition) is 2. The number of nitrogens with zero attached hydrogens (tertiary/aromatic N) is 1. The Morgan fingerprint density at radius 2 is 1.79 bits per heavy atom. The van der Waals surface area contributed by atoms with Crippen LogP contribution in [0, 0.1) is 29.5 Å². The third-order valence-corrected chi connectivity index (χ3v) is 5.74. The van der Waals surface area contributed by atoms with E-state index in [0.29, 0.717) is 18.6 Å². The van der Waals surface area contributed by atoms with Gasteiger partial charge in [-0.25, -0.2) is 4.39 Å². The predicted octanol–water partition coefficient (Wildman–Crippen LogP) is 1.02. The van der Waals surface area contributed by atoms with E-state index < -0.39 is 41.5 Å². The number of benzene rings is 1. The first-order chi connectivity index (χ1) is 13.7. The van der Waals surface area contributed by atoms with Crippen molar-refractivity contribution in [3.8, 4) is 5.75 Å². The first-order valence-corrected chi connectivity index (χ1v) is 9.54. The number of likely N-dealkylation sites (tertiary alicyclic amines) is 1. The van der Waals surface area contributed by atoms with E-state index in [-0.39, 0.29) is 17.7 Å². The van der Waals surface area contributed by atoms with Crippen molar-refractivity contribution < 1.29 is 28.3 Å². The van der Waals surface area contributed by atoms with E-state index in [1.165, 1.54) is 38.2 Å². The van der Waals surface area contributed by atoms with Crippen LogP contribution in [0.5, 0.6) is 5.75 Å². The molecule has 0 spiro atoms. The molecule has 2 aliphatic rings. The topological polar surface area (TPSA) is 105 Å². The zero-order valence-corrected chi connectivity index (χ0v) is 16.5. The standard InChI is InChI=1S/C20H24FN3O5/c1-10-4-9-14-16(20(28)24(3)19(14)27)15(10)18(26)23-22-17(25)11(2)29-13-7-5-12(21)6-8-13/h5-8,10-11,14-16H,4,9H2,1-3H3,(H,22,25)(H,23,26)/t10-,11+,14+,15-,16+/m1/s1. The second-order valence-corrected chi connectivity index (χ2v) is 7.64. The maximum Gasteiger partial charge on any atom is 0.279 e. The largest absolute Gasteiger partial charge is 0.481 e. The van der Waals surface area contributed by atoms with Gasteiger partial charge >= 0.3 is 0 Å². The number of amides is 4. The maximum atomic E-state index is 12.9. The molecule has 1 aliphatic carbocycles. The molecule has 156 valence electrons. The van der Waals surface area contributed by atoms with Crippen LogP contribution in [0.25, 0.3) is 0 Å². The molecule has 9 heteroatoms. The van der Waals surface area contributed by atoms with Crippen LogP contribution in [-0.4, -0.2) is 41.7 Å². The Hall–Kier alpha value is -2.97. The lowest BCUT2D eigenvalue weighted by molar-refractivity contribution is -0.143. The van der Waals surface area contributed by atoms with Crippen LogP contribution in [0.1, 0.15) is 26.7 Å². The lowest BCUT2D eigenvalue weighted by Crippen LogP contribution is -2.53. The number of fused-ring (bicyclic) bond motifs is 1.